The molecule has 0 atom stereocenters. The van der Waals surface area contributed by atoms with E-state index in [-0.39, 0.29) is 18.4 Å². The van der Waals surface area contributed by atoms with Crippen LogP contribution in [0.25, 0.3) is 0 Å². The number of anilines is 3. The van der Waals surface area contributed by atoms with E-state index in [0.717, 1.165) is 54.6 Å². The highest BCUT2D eigenvalue weighted by atomic mass is 32.2. The fourth-order valence-electron chi connectivity index (χ4n) is 4.11. The standard InChI is InChI=1S/C24H30N4O2S/c1-18-21(24(30)28-13-15-31-16-14-28)5-4-6-22(18)25-17-23(29)26-19-7-9-20(10-8-19)27-11-2-3-12-27/h4-10,25H,2-3,11-17H2,1H3,(H,26,29). The third-order valence-electron chi connectivity index (χ3n) is 5.92. The molecule has 0 unspecified atom stereocenters. The second-order valence-corrected chi connectivity index (χ2v) is 9.25. The molecule has 0 aliphatic carbocycles. The molecule has 164 valence electrons. The number of carbonyl (C=O) groups excluding carboxylic acids is 2. The van der Waals surface area contributed by atoms with Gasteiger partial charge in [0.1, 0.15) is 0 Å². The molecule has 2 aromatic rings. The minimum atomic E-state index is -0.113. The second kappa shape index (κ2) is 10.1. The maximum atomic E-state index is 12.9. The zero-order valence-corrected chi connectivity index (χ0v) is 18.8. The van der Waals surface area contributed by atoms with Crippen molar-refractivity contribution in [1.82, 2.24) is 4.90 Å². The smallest absolute Gasteiger partial charge is 0.254 e. The fraction of sp³-hybridized carbons (Fsp3) is 0.417. The number of nitrogens with zero attached hydrogens (tertiary/aromatic N) is 2. The molecule has 7 heteroatoms. The second-order valence-electron chi connectivity index (χ2n) is 8.03. The zero-order chi connectivity index (χ0) is 21.6. The molecule has 0 bridgehead atoms. The lowest BCUT2D eigenvalue weighted by Gasteiger charge is -2.27. The third-order valence-corrected chi connectivity index (χ3v) is 6.87. The highest BCUT2D eigenvalue weighted by Gasteiger charge is 2.21. The molecule has 2 heterocycles. The molecule has 2 amide bonds. The van der Waals surface area contributed by atoms with Crippen LogP contribution in [0, 0.1) is 6.92 Å². The summed E-state index contributed by atoms with van der Waals surface area (Å²) in [4.78, 5) is 29.6. The maximum absolute atomic E-state index is 12.9. The lowest BCUT2D eigenvalue weighted by Crippen LogP contribution is -2.38. The summed E-state index contributed by atoms with van der Waals surface area (Å²) in [6, 6.07) is 13.7. The monoisotopic (exact) mass is 438 g/mol. The summed E-state index contributed by atoms with van der Waals surface area (Å²) in [5, 5.41) is 6.13. The number of hydrogen-bond acceptors (Lipinski definition) is 5. The van der Waals surface area contributed by atoms with Crippen molar-refractivity contribution in [1.29, 1.82) is 0 Å². The molecular formula is C24H30N4O2S. The van der Waals surface area contributed by atoms with Gasteiger partial charge in [-0.15, -0.1) is 0 Å². The van der Waals surface area contributed by atoms with Crippen molar-refractivity contribution in [3.63, 3.8) is 0 Å². The summed E-state index contributed by atoms with van der Waals surface area (Å²) in [7, 11) is 0. The highest BCUT2D eigenvalue weighted by Crippen LogP contribution is 2.23. The molecule has 2 aromatic carbocycles. The lowest BCUT2D eigenvalue weighted by atomic mass is 10.1. The van der Waals surface area contributed by atoms with Gasteiger partial charge in [-0.3, -0.25) is 9.59 Å². The zero-order valence-electron chi connectivity index (χ0n) is 18.0. The van der Waals surface area contributed by atoms with E-state index in [1.165, 1.54) is 18.5 Å². The Balaban J connectivity index is 1.33. The van der Waals surface area contributed by atoms with Crippen molar-refractivity contribution in [2.24, 2.45) is 0 Å². The predicted molar refractivity (Wildman–Crippen MR) is 129 cm³/mol. The minimum absolute atomic E-state index is 0.0731. The average molecular weight is 439 g/mol. The van der Waals surface area contributed by atoms with Crippen LogP contribution in [0.5, 0.6) is 0 Å². The Bertz CT molecular complexity index is 920. The van der Waals surface area contributed by atoms with Gasteiger partial charge in [-0.2, -0.15) is 11.8 Å². The van der Waals surface area contributed by atoms with Crippen molar-refractivity contribution < 1.29 is 9.59 Å². The molecular weight excluding hydrogens is 408 g/mol. The van der Waals surface area contributed by atoms with Crippen LogP contribution in [0.4, 0.5) is 17.1 Å². The minimum Gasteiger partial charge on any atom is -0.376 e. The summed E-state index contributed by atoms with van der Waals surface area (Å²) in [5.74, 6) is 1.94. The molecule has 31 heavy (non-hydrogen) atoms. The first-order chi connectivity index (χ1) is 15.1. The van der Waals surface area contributed by atoms with Crippen LogP contribution in [0.3, 0.4) is 0 Å². The quantitative estimate of drug-likeness (QED) is 0.718. The Morgan fingerprint density at radius 2 is 1.68 bits per heavy atom. The molecule has 0 saturated carbocycles. The molecule has 6 nitrogen and oxygen atoms in total. The largest absolute Gasteiger partial charge is 0.376 e. The number of benzene rings is 2. The van der Waals surface area contributed by atoms with E-state index < -0.39 is 0 Å². The first-order valence-electron chi connectivity index (χ1n) is 11.0. The predicted octanol–water partition coefficient (Wildman–Crippen LogP) is 3.83. The molecule has 0 spiro atoms. The summed E-state index contributed by atoms with van der Waals surface area (Å²) in [6.07, 6.45) is 2.49. The van der Waals surface area contributed by atoms with Crippen molar-refractivity contribution in [2.45, 2.75) is 19.8 Å². The van der Waals surface area contributed by atoms with Crippen LogP contribution in [0.15, 0.2) is 42.5 Å². The summed E-state index contributed by atoms with van der Waals surface area (Å²) in [5.41, 5.74) is 4.40. The number of thioether (sulfide) groups is 1. The maximum Gasteiger partial charge on any atom is 0.254 e. The number of carbonyl (C=O) groups is 2. The fourth-order valence-corrected chi connectivity index (χ4v) is 5.01. The Kier molecular flexibility index (Phi) is 7.02. The lowest BCUT2D eigenvalue weighted by molar-refractivity contribution is -0.114. The van der Waals surface area contributed by atoms with Gasteiger partial charge in [0.15, 0.2) is 0 Å². The number of rotatable bonds is 6. The van der Waals surface area contributed by atoms with Gasteiger partial charge < -0.3 is 20.4 Å². The summed E-state index contributed by atoms with van der Waals surface area (Å²) >= 11 is 1.88. The highest BCUT2D eigenvalue weighted by molar-refractivity contribution is 7.99. The first-order valence-corrected chi connectivity index (χ1v) is 12.1. The molecule has 0 radical (unpaired) electrons. The van der Waals surface area contributed by atoms with E-state index in [0.29, 0.717) is 5.56 Å². The number of amides is 2. The van der Waals surface area contributed by atoms with Crippen LogP contribution in [0.2, 0.25) is 0 Å². The Morgan fingerprint density at radius 1 is 0.968 bits per heavy atom. The van der Waals surface area contributed by atoms with Gasteiger partial charge in [0.05, 0.1) is 6.54 Å². The van der Waals surface area contributed by atoms with Gasteiger partial charge in [0.2, 0.25) is 5.91 Å². The van der Waals surface area contributed by atoms with Crippen LogP contribution in [-0.4, -0.2) is 60.9 Å². The van der Waals surface area contributed by atoms with Gasteiger partial charge in [0.25, 0.3) is 5.91 Å². The normalized spacial score (nSPS) is 16.3. The Hall–Kier alpha value is -2.67. The van der Waals surface area contributed by atoms with Gasteiger partial charge in [0, 0.05) is 60.3 Å². The van der Waals surface area contributed by atoms with E-state index >= 15 is 0 Å². The van der Waals surface area contributed by atoms with Crippen molar-refractivity contribution in [3.8, 4) is 0 Å². The van der Waals surface area contributed by atoms with E-state index in [1.54, 1.807) is 0 Å². The molecule has 4 rings (SSSR count). The van der Waals surface area contributed by atoms with Gasteiger partial charge >= 0.3 is 0 Å². The topological polar surface area (TPSA) is 64.7 Å². The van der Waals surface area contributed by atoms with Crippen LogP contribution < -0.4 is 15.5 Å². The van der Waals surface area contributed by atoms with Crippen LogP contribution >= 0.6 is 11.8 Å². The van der Waals surface area contributed by atoms with Gasteiger partial charge in [-0.05, 0) is 61.7 Å². The van der Waals surface area contributed by atoms with Crippen molar-refractivity contribution in [3.05, 3.63) is 53.6 Å². The van der Waals surface area contributed by atoms with Gasteiger partial charge in [-0.25, -0.2) is 0 Å². The van der Waals surface area contributed by atoms with E-state index in [2.05, 4.69) is 27.7 Å². The molecule has 2 N–H and O–H groups in total. The van der Waals surface area contributed by atoms with Crippen LogP contribution in [-0.2, 0) is 4.79 Å². The van der Waals surface area contributed by atoms with E-state index in [9.17, 15) is 9.59 Å². The average Bonchev–Trinajstić information content (AvgIpc) is 3.34. The summed E-state index contributed by atoms with van der Waals surface area (Å²) < 4.78 is 0. The summed E-state index contributed by atoms with van der Waals surface area (Å²) in [6.45, 7) is 5.87. The van der Waals surface area contributed by atoms with E-state index in [4.69, 9.17) is 0 Å². The number of nitrogens with one attached hydrogen (secondary N) is 2. The SMILES string of the molecule is Cc1c(NCC(=O)Nc2ccc(N3CCCC3)cc2)cccc1C(=O)N1CCSCC1. The molecule has 2 aliphatic heterocycles. The van der Waals surface area contributed by atoms with Crippen molar-refractivity contribution >= 4 is 40.6 Å². The Morgan fingerprint density at radius 3 is 2.39 bits per heavy atom. The number of hydrogen-bond donors (Lipinski definition) is 2. The molecule has 2 fully saturated rings. The van der Waals surface area contributed by atoms with Crippen LogP contribution in [0.1, 0.15) is 28.8 Å². The Labute approximate surface area is 188 Å². The molecule has 0 aromatic heterocycles. The third kappa shape index (κ3) is 5.34. The van der Waals surface area contributed by atoms with Crippen molar-refractivity contribution in [2.75, 3.05) is 59.8 Å². The van der Waals surface area contributed by atoms with Gasteiger partial charge in [-0.1, -0.05) is 6.07 Å². The molecule has 2 saturated heterocycles. The molecule has 2 aliphatic rings. The van der Waals surface area contributed by atoms with E-state index in [1.807, 2.05) is 53.9 Å². The first kappa shape index (κ1) is 21.6.